The Labute approximate surface area is 173 Å². The molecule has 0 spiro atoms. The fraction of sp³-hybridized carbons (Fsp3) is 0.412. The number of benzene rings is 1. The van der Waals surface area contributed by atoms with Crippen molar-refractivity contribution in [1.29, 1.82) is 0 Å². The van der Waals surface area contributed by atoms with E-state index in [0.717, 1.165) is 10.1 Å². The zero-order valence-corrected chi connectivity index (χ0v) is 16.3. The summed E-state index contributed by atoms with van der Waals surface area (Å²) in [6.07, 6.45) is -3.00. The molecule has 1 amide bonds. The van der Waals surface area contributed by atoms with Gasteiger partial charge in [0.25, 0.3) is 0 Å². The van der Waals surface area contributed by atoms with Crippen molar-refractivity contribution in [2.75, 3.05) is 6.54 Å². The van der Waals surface area contributed by atoms with Crippen molar-refractivity contribution in [3.05, 3.63) is 52.8 Å². The summed E-state index contributed by atoms with van der Waals surface area (Å²) >= 11 is 5.96. The molecule has 158 valence electrons. The van der Waals surface area contributed by atoms with Gasteiger partial charge in [-0.3, -0.25) is 4.79 Å². The number of fused-ring (bicyclic) bond motifs is 1. The summed E-state index contributed by atoms with van der Waals surface area (Å²) in [7, 11) is 0. The minimum Gasteiger partial charge on any atom is -0.333 e. The number of aromatic nitrogens is 7. The van der Waals surface area contributed by atoms with Crippen LogP contribution in [0, 0.1) is 0 Å². The third kappa shape index (κ3) is 4.27. The Balaban J connectivity index is 1.50. The number of rotatable bonds is 5. The van der Waals surface area contributed by atoms with E-state index in [1.807, 2.05) is 12.1 Å². The maximum absolute atomic E-state index is 13.0. The number of carbonyl (C=O) groups is 1. The number of carbonyl (C=O) groups excluding carboxylic acids is 1. The van der Waals surface area contributed by atoms with Crippen LogP contribution in [0.4, 0.5) is 13.2 Å². The van der Waals surface area contributed by atoms with Gasteiger partial charge in [-0.2, -0.15) is 13.2 Å². The molecule has 9 nitrogen and oxygen atoms in total. The molecule has 0 N–H and O–H groups in total. The average molecular weight is 441 g/mol. The largest absolute Gasteiger partial charge is 0.451 e. The van der Waals surface area contributed by atoms with Gasteiger partial charge in [-0.05, 0) is 28.1 Å². The van der Waals surface area contributed by atoms with Crippen molar-refractivity contribution < 1.29 is 18.0 Å². The molecule has 4 rings (SSSR count). The van der Waals surface area contributed by atoms with Crippen LogP contribution in [0.5, 0.6) is 0 Å². The molecule has 30 heavy (non-hydrogen) atoms. The summed E-state index contributed by atoms with van der Waals surface area (Å²) in [5.74, 6) is -1.37. The van der Waals surface area contributed by atoms with Gasteiger partial charge in [0.15, 0.2) is 5.82 Å². The number of hydrogen-bond donors (Lipinski definition) is 0. The molecule has 0 saturated heterocycles. The number of tetrazole rings is 1. The lowest BCUT2D eigenvalue weighted by atomic mass is 9.95. The minimum absolute atomic E-state index is 0.0124. The van der Waals surface area contributed by atoms with Gasteiger partial charge >= 0.3 is 6.18 Å². The molecule has 0 fully saturated rings. The second-order valence-electron chi connectivity index (χ2n) is 6.89. The Morgan fingerprint density at radius 3 is 2.60 bits per heavy atom. The van der Waals surface area contributed by atoms with E-state index in [-0.39, 0.29) is 43.7 Å². The molecule has 1 aliphatic rings. The molecule has 0 bridgehead atoms. The number of alkyl halides is 3. The monoisotopic (exact) mass is 440 g/mol. The Bertz CT molecular complexity index is 1020. The normalized spacial score (nSPS) is 15.1. The highest BCUT2D eigenvalue weighted by Crippen LogP contribution is 2.30. The lowest BCUT2D eigenvalue weighted by Crippen LogP contribution is -2.40. The van der Waals surface area contributed by atoms with E-state index in [1.165, 1.54) is 15.9 Å². The van der Waals surface area contributed by atoms with Crippen LogP contribution >= 0.6 is 11.6 Å². The Morgan fingerprint density at radius 1 is 1.17 bits per heavy atom. The van der Waals surface area contributed by atoms with Crippen molar-refractivity contribution in [2.45, 2.75) is 38.1 Å². The zero-order valence-electron chi connectivity index (χ0n) is 15.5. The second-order valence-corrected chi connectivity index (χ2v) is 7.33. The van der Waals surface area contributed by atoms with E-state index in [4.69, 9.17) is 11.6 Å². The maximum atomic E-state index is 13.0. The van der Waals surface area contributed by atoms with E-state index < -0.39 is 12.0 Å². The molecule has 0 radical (unpaired) electrons. The van der Waals surface area contributed by atoms with E-state index in [0.29, 0.717) is 11.6 Å². The summed E-state index contributed by atoms with van der Waals surface area (Å²) in [6.45, 7) is 0.468. The molecule has 3 heterocycles. The van der Waals surface area contributed by atoms with E-state index in [9.17, 15) is 18.0 Å². The third-order valence-corrected chi connectivity index (χ3v) is 5.17. The van der Waals surface area contributed by atoms with Gasteiger partial charge in [0.2, 0.25) is 11.7 Å². The molecule has 0 aliphatic carbocycles. The van der Waals surface area contributed by atoms with Gasteiger partial charge < -0.3 is 9.47 Å². The van der Waals surface area contributed by atoms with Crippen LogP contribution in [-0.4, -0.2) is 52.3 Å². The van der Waals surface area contributed by atoms with Crippen LogP contribution in [0.25, 0.3) is 0 Å². The molecular formula is C17H16ClF3N8O. The molecule has 0 saturated carbocycles. The fourth-order valence-electron chi connectivity index (χ4n) is 3.43. The lowest BCUT2D eigenvalue weighted by molar-refractivity contribution is -0.148. The molecule has 3 aromatic rings. The second kappa shape index (κ2) is 8.01. The fourth-order valence-corrected chi connectivity index (χ4v) is 3.56. The summed E-state index contributed by atoms with van der Waals surface area (Å²) in [4.78, 5) is 14.4. The highest BCUT2D eigenvalue weighted by Gasteiger charge is 2.40. The smallest absolute Gasteiger partial charge is 0.333 e. The SMILES string of the molecule is O=C(CC(Cn1cnnn1)c1ccc(Cl)cc1)N1CCn2c(nnc2C(F)(F)F)C1. The lowest BCUT2D eigenvalue weighted by Gasteiger charge is -2.29. The first-order valence-corrected chi connectivity index (χ1v) is 9.42. The Morgan fingerprint density at radius 2 is 1.93 bits per heavy atom. The minimum atomic E-state index is -4.58. The topological polar surface area (TPSA) is 94.6 Å². The van der Waals surface area contributed by atoms with Gasteiger partial charge in [0.05, 0.1) is 13.1 Å². The number of nitrogens with zero attached hydrogens (tertiary/aromatic N) is 8. The standard InChI is InChI=1S/C17H16ClF3N8O/c18-13-3-1-11(2-4-13)12(8-28-10-22-25-26-28)7-15(30)27-5-6-29-14(9-27)23-24-16(29)17(19,20)21/h1-4,10,12H,5-9H2. The van der Waals surface area contributed by atoms with Crippen molar-refractivity contribution in [2.24, 2.45) is 0 Å². The first-order valence-electron chi connectivity index (χ1n) is 9.04. The van der Waals surface area contributed by atoms with Crippen LogP contribution in [0.3, 0.4) is 0 Å². The summed E-state index contributed by atoms with van der Waals surface area (Å²) < 4.78 is 41.5. The molecule has 1 atom stereocenters. The van der Waals surface area contributed by atoms with Crippen LogP contribution in [-0.2, 0) is 30.6 Å². The van der Waals surface area contributed by atoms with Crippen LogP contribution in [0.15, 0.2) is 30.6 Å². The third-order valence-electron chi connectivity index (χ3n) is 4.92. The van der Waals surface area contributed by atoms with Crippen molar-refractivity contribution in [3.8, 4) is 0 Å². The molecule has 1 aromatic carbocycles. The quantitative estimate of drug-likeness (QED) is 0.603. The van der Waals surface area contributed by atoms with Crippen LogP contribution < -0.4 is 0 Å². The Hall–Kier alpha value is -3.02. The van der Waals surface area contributed by atoms with Gasteiger partial charge in [-0.1, -0.05) is 23.7 Å². The molecular weight excluding hydrogens is 425 g/mol. The maximum Gasteiger partial charge on any atom is 0.451 e. The number of amides is 1. The van der Waals surface area contributed by atoms with Gasteiger partial charge in [0, 0.05) is 30.5 Å². The first-order chi connectivity index (χ1) is 14.3. The predicted octanol–water partition coefficient (Wildman–Crippen LogP) is 2.15. The van der Waals surface area contributed by atoms with Crippen LogP contribution in [0.1, 0.15) is 29.6 Å². The van der Waals surface area contributed by atoms with Crippen LogP contribution in [0.2, 0.25) is 5.02 Å². The van der Waals surface area contributed by atoms with E-state index >= 15 is 0 Å². The van der Waals surface area contributed by atoms with Crippen molar-refractivity contribution >= 4 is 17.5 Å². The summed E-state index contributed by atoms with van der Waals surface area (Å²) in [6, 6.07) is 7.12. The van der Waals surface area contributed by atoms with E-state index in [1.54, 1.807) is 12.1 Å². The summed E-state index contributed by atoms with van der Waals surface area (Å²) in [5, 5.41) is 18.5. The molecule has 2 aromatic heterocycles. The summed E-state index contributed by atoms with van der Waals surface area (Å²) in [5.41, 5.74) is 0.878. The van der Waals surface area contributed by atoms with Gasteiger partial charge in [-0.15, -0.1) is 15.3 Å². The van der Waals surface area contributed by atoms with Gasteiger partial charge in [-0.25, -0.2) is 4.68 Å². The average Bonchev–Trinajstić information content (AvgIpc) is 3.36. The zero-order chi connectivity index (χ0) is 21.3. The molecule has 13 heteroatoms. The van der Waals surface area contributed by atoms with Gasteiger partial charge in [0.1, 0.15) is 6.33 Å². The van der Waals surface area contributed by atoms with E-state index in [2.05, 4.69) is 25.7 Å². The number of halogens is 4. The molecule has 1 aliphatic heterocycles. The Kier molecular flexibility index (Phi) is 5.41. The first kappa shape index (κ1) is 20.3. The predicted molar refractivity (Wildman–Crippen MR) is 97.1 cm³/mol. The number of hydrogen-bond acceptors (Lipinski definition) is 6. The van der Waals surface area contributed by atoms with Crippen molar-refractivity contribution in [1.82, 2.24) is 39.9 Å². The highest BCUT2D eigenvalue weighted by molar-refractivity contribution is 6.30. The highest BCUT2D eigenvalue weighted by atomic mass is 35.5. The molecule has 1 unspecified atom stereocenters. The van der Waals surface area contributed by atoms with Crippen molar-refractivity contribution in [3.63, 3.8) is 0 Å².